The Labute approximate surface area is 128 Å². The van der Waals surface area contributed by atoms with Gasteiger partial charge >= 0.3 is 7.12 Å². The van der Waals surface area contributed by atoms with Crippen molar-refractivity contribution in [2.45, 2.75) is 65.7 Å². The van der Waals surface area contributed by atoms with Crippen molar-refractivity contribution < 1.29 is 18.5 Å². The molecule has 1 aliphatic rings. The largest absolute Gasteiger partial charge is 0.496 e. The maximum Gasteiger partial charge on any atom is 0.496 e. The smallest absolute Gasteiger partial charge is 0.399 e. The molecule has 0 saturated carbocycles. The molecule has 20 heavy (non-hydrogen) atoms. The number of rotatable bonds is 3. The molecule has 1 aliphatic heterocycles. The van der Waals surface area contributed by atoms with Gasteiger partial charge < -0.3 is 14.4 Å². The second kappa shape index (κ2) is 5.13. The summed E-state index contributed by atoms with van der Waals surface area (Å²) in [6.07, 6.45) is 1.50. The molecule has 1 atom stereocenters. The van der Waals surface area contributed by atoms with Crippen LogP contribution in [0, 0.1) is 0 Å². The van der Waals surface area contributed by atoms with E-state index in [0.717, 1.165) is 0 Å². The molecule has 0 radical (unpaired) electrons. The Balaban J connectivity index is 0.00000288. The normalized spacial score (nSPS) is 26.6. The molecule has 2 heterocycles. The van der Waals surface area contributed by atoms with Gasteiger partial charge in [-0.05, 0) is 47.5 Å². The average Bonchev–Trinajstić information content (AvgIpc) is 2.65. The minimum atomic E-state index is -2.51. The quantitative estimate of drug-likeness (QED) is 0.864. The van der Waals surface area contributed by atoms with Gasteiger partial charge in [-0.15, -0.1) is 0 Å². The van der Waals surface area contributed by atoms with Crippen molar-refractivity contribution in [1.82, 2.24) is 4.98 Å². The summed E-state index contributed by atoms with van der Waals surface area (Å²) in [6, 6.07) is 3.22. The number of aromatic nitrogens is 1. The van der Waals surface area contributed by atoms with Gasteiger partial charge in [0, 0.05) is 15.8 Å². The first-order valence-corrected chi connectivity index (χ1v) is 6.30. The Hall–Kier alpha value is -0.905. The minimum Gasteiger partial charge on any atom is -0.399 e. The van der Waals surface area contributed by atoms with Crippen LogP contribution in [0.3, 0.4) is 0 Å². The topological polar surface area (TPSA) is 51.6 Å². The van der Waals surface area contributed by atoms with E-state index in [4.69, 9.17) is 14.9 Å². The summed E-state index contributed by atoms with van der Waals surface area (Å²) in [5, 5.41) is 4.48. The van der Waals surface area contributed by atoms with Crippen molar-refractivity contribution in [3.8, 4) is 0 Å². The zero-order valence-corrected chi connectivity index (χ0v) is 12.0. The lowest BCUT2D eigenvalue weighted by Gasteiger charge is -2.32. The molecule has 0 aliphatic carbocycles. The van der Waals surface area contributed by atoms with Crippen LogP contribution in [0.4, 0.5) is 0 Å². The number of aliphatic hydroxyl groups is 1. The highest BCUT2D eigenvalue weighted by atomic mass is 16.7. The molecular formula is C15H26BNO3. The van der Waals surface area contributed by atoms with Crippen LogP contribution < -0.4 is 5.46 Å². The van der Waals surface area contributed by atoms with Crippen LogP contribution in [-0.4, -0.2) is 29.8 Å². The average molecular weight is 283 g/mol. The number of pyridine rings is 1. The maximum absolute atomic E-state index is 7.55. The molecule has 1 fully saturated rings. The lowest BCUT2D eigenvalue weighted by atomic mass is 9.80. The van der Waals surface area contributed by atoms with Crippen LogP contribution in [0.1, 0.15) is 58.7 Å². The number of hydrogen-bond donors (Lipinski definition) is 1. The Morgan fingerprint density at radius 2 is 1.90 bits per heavy atom. The Bertz CT molecular complexity index is 561. The highest BCUT2D eigenvalue weighted by molar-refractivity contribution is 6.62. The zero-order chi connectivity index (χ0) is 17.7. The molecule has 0 amide bonds. The van der Waals surface area contributed by atoms with Crippen molar-refractivity contribution in [3.63, 3.8) is 0 Å². The van der Waals surface area contributed by atoms with E-state index in [-0.39, 0.29) is 13.1 Å². The first-order chi connectivity index (χ1) is 10.3. The number of hydrogen-bond acceptors (Lipinski definition) is 4. The second-order valence-electron chi connectivity index (χ2n) is 6.10. The monoisotopic (exact) mass is 283 g/mol. The highest BCUT2D eigenvalue weighted by Gasteiger charge is 2.51. The third-order valence-corrected chi connectivity index (χ3v) is 3.80. The summed E-state index contributed by atoms with van der Waals surface area (Å²) < 4.78 is 41.6. The minimum absolute atomic E-state index is 0. The summed E-state index contributed by atoms with van der Waals surface area (Å²) in [5.74, 6) is 0. The lowest BCUT2D eigenvalue weighted by molar-refractivity contribution is 0.00578. The third kappa shape index (κ3) is 3.05. The molecule has 1 N–H and O–H groups in total. The Morgan fingerprint density at radius 1 is 1.30 bits per heavy atom. The molecule has 4 nitrogen and oxygen atoms in total. The van der Waals surface area contributed by atoms with Crippen LogP contribution in [0.15, 0.2) is 18.3 Å². The van der Waals surface area contributed by atoms with Gasteiger partial charge in [0.15, 0.2) is 0 Å². The van der Waals surface area contributed by atoms with Crippen LogP contribution in [-0.2, 0) is 14.9 Å². The number of nitrogens with zero attached hydrogens (tertiary/aromatic N) is 1. The van der Waals surface area contributed by atoms with Gasteiger partial charge in [-0.3, -0.25) is 4.98 Å². The van der Waals surface area contributed by atoms with Crippen molar-refractivity contribution in [1.29, 1.82) is 1.43 Å². The molecule has 2 rings (SSSR count). The van der Waals surface area contributed by atoms with E-state index in [1.54, 1.807) is 6.07 Å². The van der Waals surface area contributed by atoms with Gasteiger partial charge in [0.1, 0.15) is 5.60 Å². The molecule has 112 valence electrons. The molecule has 0 aromatic carbocycles. The van der Waals surface area contributed by atoms with E-state index in [1.807, 2.05) is 27.7 Å². The lowest BCUT2D eigenvalue weighted by Crippen LogP contribution is -2.41. The second-order valence-corrected chi connectivity index (χ2v) is 6.10. The van der Waals surface area contributed by atoms with E-state index in [0.29, 0.717) is 5.46 Å². The Morgan fingerprint density at radius 3 is 2.30 bits per heavy atom. The predicted molar refractivity (Wildman–Crippen MR) is 81.9 cm³/mol. The van der Waals surface area contributed by atoms with Crippen LogP contribution >= 0.6 is 0 Å². The highest BCUT2D eigenvalue weighted by Crippen LogP contribution is 2.36. The van der Waals surface area contributed by atoms with Crippen molar-refractivity contribution in [2.75, 3.05) is 0 Å². The van der Waals surface area contributed by atoms with E-state index < -0.39 is 30.8 Å². The fraction of sp³-hybridized carbons (Fsp3) is 0.667. The van der Waals surface area contributed by atoms with Crippen LogP contribution in [0.5, 0.6) is 0 Å². The van der Waals surface area contributed by atoms with Gasteiger partial charge in [0.2, 0.25) is 1.43 Å². The molecule has 0 spiro atoms. The van der Waals surface area contributed by atoms with Crippen molar-refractivity contribution >= 4 is 12.6 Å². The third-order valence-electron chi connectivity index (χ3n) is 3.80. The molecule has 1 unspecified atom stereocenters. The SMILES string of the molecule is C.[2H]OC(C)(c1ccc(B2OC(C)(C)C(C)(C)O2)cn1)C([2H])([2H])[2H]. The summed E-state index contributed by atoms with van der Waals surface area (Å²) in [7, 11) is -0.572. The van der Waals surface area contributed by atoms with Gasteiger partial charge in [-0.1, -0.05) is 13.5 Å². The fourth-order valence-corrected chi connectivity index (χ4v) is 1.81. The predicted octanol–water partition coefficient (Wildman–Crippen LogP) is 2.24. The molecule has 0 bridgehead atoms. The first kappa shape index (κ1) is 11.7. The summed E-state index contributed by atoms with van der Waals surface area (Å²) >= 11 is 0. The van der Waals surface area contributed by atoms with Gasteiger partial charge in [0.25, 0.3) is 0 Å². The molecule has 1 saturated heterocycles. The van der Waals surface area contributed by atoms with E-state index in [2.05, 4.69) is 10.1 Å². The van der Waals surface area contributed by atoms with E-state index in [9.17, 15) is 0 Å². The summed E-state index contributed by atoms with van der Waals surface area (Å²) in [6.45, 7) is 6.63. The van der Waals surface area contributed by atoms with Crippen molar-refractivity contribution in [2.24, 2.45) is 0 Å². The van der Waals surface area contributed by atoms with Crippen LogP contribution in [0.2, 0.25) is 0 Å². The molecule has 1 aromatic rings. The molecular weight excluding hydrogens is 253 g/mol. The van der Waals surface area contributed by atoms with Gasteiger partial charge in [-0.2, -0.15) is 0 Å². The fourth-order valence-electron chi connectivity index (χ4n) is 1.81. The maximum atomic E-state index is 7.55. The first-order valence-electron chi connectivity index (χ1n) is 8.21. The van der Waals surface area contributed by atoms with Crippen molar-refractivity contribution in [3.05, 3.63) is 24.0 Å². The molecule has 5 heteroatoms. The summed E-state index contributed by atoms with van der Waals surface area (Å²) in [4.78, 5) is 4.16. The standard InChI is InChI=1S/C14H22BNO3.CH4/c1-12(2,17)11-8-7-10(9-16-11)15-18-13(3,4)14(5,6)19-15;/h7-9,17H,1-6H3;1H4/i1D3,17D;. The summed E-state index contributed by atoms with van der Waals surface area (Å²) in [5.41, 5.74) is -1.87. The van der Waals surface area contributed by atoms with E-state index >= 15 is 0 Å². The Kier molecular flexibility index (Phi) is 3.01. The van der Waals surface area contributed by atoms with Gasteiger partial charge in [-0.25, -0.2) is 0 Å². The molecule has 1 aromatic heterocycles. The zero-order valence-electron chi connectivity index (χ0n) is 16.0. The van der Waals surface area contributed by atoms with E-state index in [1.165, 1.54) is 19.2 Å². The van der Waals surface area contributed by atoms with Gasteiger partial charge in [0.05, 0.1) is 16.9 Å². The van der Waals surface area contributed by atoms with Crippen LogP contribution in [0.25, 0.3) is 0 Å².